The van der Waals surface area contributed by atoms with Crippen LogP contribution in [0.3, 0.4) is 0 Å². The average molecular weight is 221 g/mol. The highest BCUT2D eigenvalue weighted by atomic mass is 19.1. The Morgan fingerprint density at radius 3 is 2.81 bits per heavy atom. The van der Waals surface area contributed by atoms with Crippen molar-refractivity contribution in [3.05, 3.63) is 35.1 Å². The van der Waals surface area contributed by atoms with E-state index >= 15 is 0 Å². The maximum atomic E-state index is 13.2. The predicted octanol–water partition coefficient (Wildman–Crippen LogP) is 3.21. The van der Waals surface area contributed by atoms with Crippen LogP contribution < -0.4 is 5.32 Å². The topological polar surface area (TPSA) is 12.0 Å². The van der Waals surface area contributed by atoms with E-state index in [-0.39, 0.29) is 11.4 Å². The molecular weight excluding hydrogens is 201 g/mol. The highest BCUT2D eigenvalue weighted by Gasteiger charge is 2.31. The fourth-order valence-electron chi connectivity index (χ4n) is 2.65. The summed E-state index contributed by atoms with van der Waals surface area (Å²) >= 11 is 0. The molecule has 1 aliphatic heterocycles. The summed E-state index contributed by atoms with van der Waals surface area (Å²) in [6.07, 6.45) is 4.65. The van der Waals surface area contributed by atoms with Crippen molar-refractivity contribution in [3.63, 3.8) is 0 Å². The van der Waals surface area contributed by atoms with Gasteiger partial charge in [0.2, 0.25) is 0 Å². The normalized spacial score (nSPS) is 24.9. The molecule has 2 heteroatoms. The van der Waals surface area contributed by atoms with Crippen molar-refractivity contribution in [2.75, 3.05) is 6.54 Å². The molecule has 1 N–H and O–H groups in total. The summed E-state index contributed by atoms with van der Waals surface area (Å²) in [5.41, 5.74) is 2.25. The molecule has 1 aliphatic rings. The highest BCUT2D eigenvalue weighted by Crippen LogP contribution is 2.27. The first-order valence-corrected chi connectivity index (χ1v) is 6.15. The van der Waals surface area contributed by atoms with Gasteiger partial charge in [0.25, 0.3) is 0 Å². The van der Waals surface area contributed by atoms with E-state index in [9.17, 15) is 4.39 Å². The number of rotatable bonds is 3. The molecule has 2 rings (SSSR count). The van der Waals surface area contributed by atoms with Crippen molar-refractivity contribution < 1.29 is 4.39 Å². The Hall–Kier alpha value is -0.890. The van der Waals surface area contributed by atoms with Crippen molar-refractivity contribution in [2.45, 2.75) is 45.1 Å². The minimum absolute atomic E-state index is 0.103. The standard InChI is InChI=1S/C14H20FN/c1-3-14(7-4-8-16-14)10-12-5-6-13(15)11(2)9-12/h5-6,9,16H,3-4,7-8,10H2,1-2H3. The first kappa shape index (κ1) is 11.6. The minimum atomic E-state index is -0.103. The maximum absolute atomic E-state index is 13.2. The number of halogens is 1. The highest BCUT2D eigenvalue weighted by molar-refractivity contribution is 5.26. The molecule has 0 spiro atoms. The lowest BCUT2D eigenvalue weighted by molar-refractivity contribution is 0.359. The quantitative estimate of drug-likeness (QED) is 0.826. The van der Waals surface area contributed by atoms with E-state index < -0.39 is 0 Å². The van der Waals surface area contributed by atoms with E-state index in [0.29, 0.717) is 0 Å². The van der Waals surface area contributed by atoms with Gasteiger partial charge in [-0.05, 0) is 56.3 Å². The van der Waals surface area contributed by atoms with Crippen LogP contribution in [0.4, 0.5) is 4.39 Å². The fraction of sp³-hybridized carbons (Fsp3) is 0.571. The zero-order valence-electron chi connectivity index (χ0n) is 10.1. The molecule has 1 aromatic carbocycles. The molecule has 1 atom stereocenters. The second kappa shape index (κ2) is 4.54. The monoisotopic (exact) mass is 221 g/mol. The van der Waals surface area contributed by atoms with E-state index in [1.165, 1.54) is 18.4 Å². The summed E-state index contributed by atoms with van der Waals surface area (Å²) in [5, 5.41) is 3.61. The third-order valence-corrected chi connectivity index (χ3v) is 3.77. The molecule has 1 nitrogen and oxygen atoms in total. The molecule has 0 aromatic heterocycles. The van der Waals surface area contributed by atoms with Crippen LogP contribution in [-0.2, 0) is 6.42 Å². The average Bonchev–Trinajstić information content (AvgIpc) is 2.73. The van der Waals surface area contributed by atoms with Crippen LogP contribution in [0.15, 0.2) is 18.2 Å². The van der Waals surface area contributed by atoms with Crippen LogP contribution in [0.1, 0.15) is 37.3 Å². The molecule has 1 unspecified atom stereocenters. The smallest absolute Gasteiger partial charge is 0.126 e. The third kappa shape index (κ3) is 2.27. The Bertz CT molecular complexity index is 367. The summed E-state index contributed by atoms with van der Waals surface area (Å²) < 4.78 is 13.2. The summed E-state index contributed by atoms with van der Waals surface area (Å²) in [6.45, 7) is 5.18. The number of hydrogen-bond donors (Lipinski definition) is 1. The van der Waals surface area contributed by atoms with Gasteiger partial charge in [0.15, 0.2) is 0 Å². The van der Waals surface area contributed by atoms with Gasteiger partial charge in [0.05, 0.1) is 0 Å². The van der Waals surface area contributed by atoms with Crippen LogP contribution in [0, 0.1) is 12.7 Å². The molecule has 1 heterocycles. The SMILES string of the molecule is CCC1(Cc2ccc(F)c(C)c2)CCCN1. The predicted molar refractivity (Wildman–Crippen MR) is 65.1 cm³/mol. The van der Waals surface area contributed by atoms with Gasteiger partial charge < -0.3 is 5.32 Å². The van der Waals surface area contributed by atoms with E-state index in [4.69, 9.17) is 0 Å². The Morgan fingerprint density at radius 2 is 2.25 bits per heavy atom. The Labute approximate surface area is 97.1 Å². The van der Waals surface area contributed by atoms with Gasteiger partial charge in [-0.3, -0.25) is 0 Å². The van der Waals surface area contributed by atoms with Crippen molar-refractivity contribution in [2.24, 2.45) is 0 Å². The van der Waals surface area contributed by atoms with Gasteiger partial charge in [-0.25, -0.2) is 4.39 Å². The number of nitrogens with one attached hydrogen (secondary N) is 1. The molecular formula is C14H20FN. The van der Waals surface area contributed by atoms with Gasteiger partial charge >= 0.3 is 0 Å². The van der Waals surface area contributed by atoms with E-state index in [2.05, 4.69) is 12.2 Å². The Kier molecular flexibility index (Phi) is 3.29. The lowest BCUT2D eigenvalue weighted by atomic mass is 9.86. The first-order valence-electron chi connectivity index (χ1n) is 6.15. The third-order valence-electron chi connectivity index (χ3n) is 3.77. The molecule has 1 fully saturated rings. The fourth-order valence-corrected chi connectivity index (χ4v) is 2.65. The maximum Gasteiger partial charge on any atom is 0.126 e. The van der Waals surface area contributed by atoms with Crippen molar-refractivity contribution in [3.8, 4) is 0 Å². The largest absolute Gasteiger partial charge is 0.311 e. The number of aryl methyl sites for hydroxylation is 1. The summed E-state index contributed by atoms with van der Waals surface area (Å²) in [4.78, 5) is 0. The molecule has 0 amide bonds. The summed E-state index contributed by atoms with van der Waals surface area (Å²) in [7, 11) is 0. The van der Waals surface area contributed by atoms with Gasteiger partial charge in [0.1, 0.15) is 5.82 Å². The van der Waals surface area contributed by atoms with Gasteiger partial charge in [-0.15, -0.1) is 0 Å². The second-order valence-corrected chi connectivity index (χ2v) is 4.92. The first-order chi connectivity index (χ1) is 7.65. The van der Waals surface area contributed by atoms with Gasteiger partial charge in [0, 0.05) is 5.54 Å². The van der Waals surface area contributed by atoms with Crippen LogP contribution in [-0.4, -0.2) is 12.1 Å². The van der Waals surface area contributed by atoms with Crippen LogP contribution in [0.5, 0.6) is 0 Å². The van der Waals surface area contributed by atoms with Crippen LogP contribution in [0.25, 0.3) is 0 Å². The molecule has 0 saturated carbocycles. The summed E-state index contributed by atoms with van der Waals surface area (Å²) in [6, 6.07) is 5.48. The molecule has 88 valence electrons. The number of benzene rings is 1. The molecule has 1 saturated heterocycles. The second-order valence-electron chi connectivity index (χ2n) is 4.92. The van der Waals surface area contributed by atoms with Crippen molar-refractivity contribution in [1.82, 2.24) is 5.32 Å². The minimum Gasteiger partial charge on any atom is -0.311 e. The summed E-state index contributed by atoms with van der Waals surface area (Å²) in [5.74, 6) is -0.103. The zero-order chi connectivity index (χ0) is 11.6. The molecule has 1 aromatic rings. The Morgan fingerprint density at radius 1 is 1.44 bits per heavy atom. The van der Waals surface area contributed by atoms with Crippen LogP contribution in [0.2, 0.25) is 0 Å². The molecule has 0 radical (unpaired) electrons. The molecule has 16 heavy (non-hydrogen) atoms. The van der Waals surface area contributed by atoms with Gasteiger partial charge in [-0.2, -0.15) is 0 Å². The van der Waals surface area contributed by atoms with E-state index in [1.54, 1.807) is 6.07 Å². The van der Waals surface area contributed by atoms with Crippen molar-refractivity contribution >= 4 is 0 Å². The molecule has 0 aliphatic carbocycles. The van der Waals surface area contributed by atoms with Gasteiger partial charge in [-0.1, -0.05) is 19.1 Å². The lowest BCUT2D eigenvalue weighted by Crippen LogP contribution is -2.41. The van der Waals surface area contributed by atoms with Crippen molar-refractivity contribution in [1.29, 1.82) is 0 Å². The van der Waals surface area contributed by atoms with Crippen LogP contribution >= 0.6 is 0 Å². The van der Waals surface area contributed by atoms with E-state index in [0.717, 1.165) is 24.9 Å². The molecule has 0 bridgehead atoms. The van der Waals surface area contributed by atoms with E-state index in [1.807, 2.05) is 19.1 Å². The lowest BCUT2D eigenvalue weighted by Gasteiger charge is -2.28. The Balaban J connectivity index is 2.16. The number of hydrogen-bond acceptors (Lipinski definition) is 1. The zero-order valence-corrected chi connectivity index (χ0v) is 10.1.